The van der Waals surface area contributed by atoms with E-state index in [0.29, 0.717) is 18.2 Å². The van der Waals surface area contributed by atoms with E-state index in [2.05, 4.69) is 57.1 Å². The third kappa shape index (κ3) is 3.95. The van der Waals surface area contributed by atoms with E-state index in [0.717, 1.165) is 32.6 Å². The maximum Gasteiger partial charge on any atom is 0.270 e. The molecular formula is C20H27N5O. The first-order valence-corrected chi connectivity index (χ1v) is 9.27. The molecule has 0 saturated carbocycles. The van der Waals surface area contributed by atoms with Crippen LogP contribution in [0.1, 0.15) is 35.0 Å². The van der Waals surface area contributed by atoms with Crippen LogP contribution in [0.15, 0.2) is 30.5 Å². The molecule has 2 heterocycles. The number of carbonyl (C=O) groups excluding carboxylic acids is 1. The minimum absolute atomic E-state index is 0.135. The third-order valence-electron chi connectivity index (χ3n) is 4.89. The monoisotopic (exact) mass is 353 g/mol. The second kappa shape index (κ2) is 8.17. The van der Waals surface area contributed by atoms with Crippen molar-refractivity contribution in [2.24, 2.45) is 0 Å². The van der Waals surface area contributed by atoms with Crippen molar-refractivity contribution in [3.05, 3.63) is 47.3 Å². The quantitative estimate of drug-likeness (QED) is 0.895. The zero-order chi connectivity index (χ0) is 18.5. The first-order chi connectivity index (χ1) is 12.6. The van der Waals surface area contributed by atoms with Gasteiger partial charge in [-0.1, -0.05) is 19.1 Å². The Morgan fingerprint density at radius 2 is 1.85 bits per heavy atom. The number of carbonyl (C=O) groups is 1. The molecule has 1 amide bonds. The van der Waals surface area contributed by atoms with E-state index in [-0.39, 0.29) is 5.91 Å². The fourth-order valence-electron chi connectivity index (χ4n) is 3.18. The molecule has 1 aromatic heterocycles. The topological polar surface area (TPSA) is 61.4 Å². The van der Waals surface area contributed by atoms with E-state index in [9.17, 15) is 4.79 Å². The van der Waals surface area contributed by atoms with Crippen molar-refractivity contribution in [3.8, 4) is 0 Å². The summed E-state index contributed by atoms with van der Waals surface area (Å²) in [4.78, 5) is 25.5. The number of nitrogens with one attached hydrogen (secondary N) is 1. The molecule has 1 aliphatic rings. The van der Waals surface area contributed by atoms with Gasteiger partial charge >= 0.3 is 0 Å². The Balaban J connectivity index is 1.66. The average Bonchev–Trinajstić information content (AvgIpc) is 2.68. The second-order valence-corrected chi connectivity index (χ2v) is 6.69. The summed E-state index contributed by atoms with van der Waals surface area (Å²) < 4.78 is 0. The number of piperazine rings is 1. The Kier molecular flexibility index (Phi) is 5.71. The van der Waals surface area contributed by atoms with Gasteiger partial charge in [0.25, 0.3) is 5.91 Å². The fourth-order valence-corrected chi connectivity index (χ4v) is 3.18. The van der Waals surface area contributed by atoms with Gasteiger partial charge in [-0.2, -0.15) is 0 Å². The summed E-state index contributed by atoms with van der Waals surface area (Å²) in [7, 11) is 0. The molecule has 0 atom stereocenters. The van der Waals surface area contributed by atoms with Gasteiger partial charge in [0.15, 0.2) is 0 Å². The Hall–Kier alpha value is -2.63. The van der Waals surface area contributed by atoms with Crippen LogP contribution >= 0.6 is 0 Å². The van der Waals surface area contributed by atoms with E-state index >= 15 is 0 Å². The van der Waals surface area contributed by atoms with Gasteiger partial charge in [0.2, 0.25) is 5.95 Å². The Morgan fingerprint density at radius 1 is 1.12 bits per heavy atom. The number of nitrogens with zero attached hydrogens (tertiary/aromatic N) is 4. The van der Waals surface area contributed by atoms with E-state index in [1.165, 1.54) is 16.8 Å². The highest BCUT2D eigenvalue weighted by Crippen LogP contribution is 2.24. The summed E-state index contributed by atoms with van der Waals surface area (Å²) in [5.41, 5.74) is 4.39. The molecular weight excluding hydrogens is 326 g/mol. The number of benzene rings is 1. The van der Waals surface area contributed by atoms with E-state index in [4.69, 9.17) is 0 Å². The van der Waals surface area contributed by atoms with Gasteiger partial charge in [0, 0.05) is 44.6 Å². The summed E-state index contributed by atoms with van der Waals surface area (Å²) in [6, 6.07) is 8.12. The highest BCUT2D eigenvalue weighted by atomic mass is 16.1. The van der Waals surface area contributed by atoms with Crippen LogP contribution in [0.2, 0.25) is 0 Å². The zero-order valence-electron chi connectivity index (χ0n) is 15.8. The second-order valence-electron chi connectivity index (χ2n) is 6.69. The predicted octanol–water partition coefficient (Wildman–Crippen LogP) is 2.56. The predicted molar refractivity (Wildman–Crippen MR) is 105 cm³/mol. The number of hydrogen-bond donors (Lipinski definition) is 1. The Morgan fingerprint density at radius 3 is 2.58 bits per heavy atom. The van der Waals surface area contributed by atoms with Crippen LogP contribution in [-0.2, 0) is 0 Å². The summed E-state index contributed by atoms with van der Waals surface area (Å²) >= 11 is 0. The summed E-state index contributed by atoms with van der Waals surface area (Å²) in [5.74, 6) is 0.499. The highest BCUT2D eigenvalue weighted by molar-refractivity contribution is 5.92. The third-order valence-corrected chi connectivity index (χ3v) is 4.89. The number of aromatic nitrogens is 2. The van der Waals surface area contributed by atoms with Crippen molar-refractivity contribution in [2.75, 3.05) is 42.5 Å². The lowest BCUT2D eigenvalue weighted by molar-refractivity contribution is 0.0948. The lowest BCUT2D eigenvalue weighted by Gasteiger charge is -2.37. The molecule has 0 unspecified atom stereocenters. The van der Waals surface area contributed by atoms with Crippen molar-refractivity contribution < 1.29 is 4.79 Å². The SMILES string of the molecule is CCCNC(=O)c1ccnc(N2CCN(c3cccc(C)c3C)CC2)n1. The lowest BCUT2D eigenvalue weighted by atomic mass is 10.1. The molecule has 0 spiro atoms. The normalized spacial score (nSPS) is 14.4. The molecule has 1 N–H and O–H groups in total. The number of anilines is 2. The molecule has 0 bridgehead atoms. The van der Waals surface area contributed by atoms with Crippen LogP contribution in [0.3, 0.4) is 0 Å². The molecule has 2 aromatic rings. The smallest absolute Gasteiger partial charge is 0.270 e. The van der Waals surface area contributed by atoms with Gasteiger partial charge in [-0.05, 0) is 43.5 Å². The highest BCUT2D eigenvalue weighted by Gasteiger charge is 2.21. The minimum Gasteiger partial charge on any atom is -0.368 e. The Labute approximate surface area is 155 Å². The van der Waals surface area contributed by atoms with Crippen molar-refractivity contribution in [2.45, 2.75) is 27.2 Å². The van der Waals surface area contributed by atoms with Crippen molar-refractivity contribution in [1.82, 2.24) is 15.3 Å². The van der Waals surface area contributed by atoms with Crippen molar-refractivity contribution in [3.63, 3.8) is 0 Å². The average molecular weight is 353 g/mol. The van der Waals surface area contributed by atoms with Gasteiger partial charge < -0.3 is 15.1 Å². The van der Waals surface area contributed by atoms with E-state index in [1.54, 1.807) is 12.3 Å². The molecule has 6 heteroatoms. The van der Waals surface area contributed by atoms with Crippen LogP contribution < -0.4 is 15.1 Å². The first-order valence-electron chi connectivity index (χ1n) is 9.27. The van der Waals surface area contributed by atoms with E-state index < -0.39 is 0 Å². The summed E-state index contributed by atoms with van der Waals surface area (Å²) in [5, 5.41) is 2.86. The molecule has 1 fully saturated rings. The molecule has 1 saturated heterocycles. The zero-order valence-corrected chi connectivity index (χ0v) is 15.8. The molecule has 0 radical (unpaired) electrons. The van der Waals surface area contributed by atoms with Crippen molar-refractivity contribution in [1.29, 1.82) is 0 Å². The molecule has 26 heavy (non-hydrogen) atoms. The lowest BCUT2D eigenvalue weighted by Crippen LogP contribution is -2.47. The number of amides is 1. The van der Waals surface area contributed by atoms with Gasteiger partial charge in [-0.15, -0.1) is 0 Å². The molecule has 1 aliphatic heterocycles. The molecule has 3 rings (SSSR count). The van der Waals surface area contributed by atoms with Gasteiger partial charge in [0.1, 0.15) is 5.69 Å². The summed E-state index contributed by atoms with van der Waals surface area (Å²) in [6.07, 6.45) is 2.57. The maximum atomic E-state index is 12.1. The minimum atomic E-state index is -0.135. The van der Waals surface area contributed by atoms with Gasteiger partial charge in [-0.25, -0.2) is 9.97 Å². The van der Waals surface area contributed by atoms with E-state index in [1.807, 2.05) is 6.92 Å². The number of aryl methyl sites for hydroxylation is 1. The number of hydrogen-bond acceptors (Lipinski definition) is 5. The molecule has 6 nitrogen and oxygen atoms in total. The molecule has 138 valence electrons. The maximum absolute atomic E-state index is 12.1. The van der Waals surface area contributed by atoms with Crippen LogP contribution in [-0.4, -0.2) is 48.6 Å². The first kappa shape index (κ1) is 18.2. The van der Waals surface area contributed by atoms with Gasteiger partial charge in [-0.3, -0.25) is 4.79 Å². The fraction of sp³-hybridized carbons (Fsp3) is 0.450. The van der Waals surface area contributed by atoms with Gasteiger partial charge in [0.05, 0.1) is 0 Å². The standard InChI is InChI=1S/C20H27N5O/c1-4-9-21-19(26)17-8-10-22-20(23-17)25-13-11-24(12-14-25)18-7-5-6-15(2)16(18)3/h5-8,10H,4,9,11-14H2,1-3H3,(H,21,26). The largest absolute Gasteiger partial charge is 0.368 e. The van der Waals surface area contributed by atoms with Crippen LogP contribution in [0.5, 0.6) is 0 Å². The molecule has 0 aliphatic carbocycles. The van der Waals surface area contributed by atoms with Crippen LogP contribution in [0, 0.1) is 13.8 Å². The summed E-state index contributed by atoms with van der Waals surface area (Å²) in [6.45, 7) is 10.5. The van der Waals surface area contributed by atoms with Crippen LogP contribution in [0.25, 0.3) is 0 Å². The molecule has 1 aromatic carbocycles. The number of rotatable bonds is 5. The van der Waals surface area contributed by atoms with Crippen LogP contribution in [0.4, 0.5) is 11.6 Å². The Bertz CT molecular complexity index is 769. The van der Waals surface area contributed by atoms with Crippen molar-refractivity contribution >= 4 is 17.5 Å².